The molecule has 0 bridgehead atoms. The van der Waals surface area contributed by atoms with E-state index in [0.29, 0.717) is 12.0 Å². The Morgan fingerprint density at radius 3 is 2.60 bits per heavy atom. The van der Waals surface area contributed by atoms with E-state index in [4.69, 9.17) is 5.73 Å². The van der Waals surface area contributed by atoms with Crippen molar-refractivity contribution >= 4 is 5.78 Å². The lowest BCUT2D eigenvalue weighted by Crippen LogP contribution is -2.11. The molecule has 4 heteroatoms. The maximum absolute atomic E-state index is 13.3. The minimum absolute atomic E-state index is 0.0313. The van der Waals surface area contributed by atoms with Gasteiger partial charge in [-0.2, -0.15) is 0 Å². The molecule has 0 saturated carbocycles. The predicted molar refractivity (Wildman–Crippen MR) is 53.7 cm³/mol. The van der Waals surface area contributed by atoms with Gasteiger partial charge < -0.3 is 5.73 Å². The lowest BCUT2D eigenvalue weighted by molar-refractivity contribution is 0.0980. The van der Waals surface area contributed by atoms with Crippen LogP contribution in [0.2, 0.25) is 0 Å². The highest BCUT2D eigenvalue weighted by molar-refractivity contribution is 5.96. The van der Waals surface area contributed by atoms with Gasteiger partial charge in [-0.1, -0.05) is 6.92 Å². The van der Waals surface area contributed by atoms with E-state index in [1.807, 2.05) is 6.92 Å². The van der Waals surface area contributed by atoms with Gasteiger partial charge in [-0.05, 0) is 30.7 Å². The van der Waals surface area contributed by atoms with Crippen LogP contribution in [0.1, 0.15) is 29.3 Å². The van der Waals surface area contributed by atoms with Crippen LogP contribution in [-0.2, 0) is 6.42 Å². The number of aryl methyl sites for hydroxylation is 1. The normalized spacial score (nSPS) is 10.4. The van der Waals surface area contributed by atoms with Gasteiger partial charge in [0.15, 0.2) is 17.4 Å². The summed E-state index contributed by atoms with van der Waals surface area (Å²) in [7, 11) is 0. The van der Waals surface area contributed by atoms with Crippen molar-refractivity contribution in [1.82, 2.24) is 0 Å². The number of rotatable bonds is 4. The molecular weight excluding hydrogens is 200 g/mol. The number of benzene rings is 1. The molecule has 2 N–H and O–H groups in total. The summed E-state index contributed by atoms with van der Waals surface area (Å²) in [6.45, 7) is 1.94. The number of ketones is 1. The summed E-state index contributed by atoms with van der Waals surface area (Å²) in [5, 5.41) is 0. The molecule has 1 aromatic rings. The summed E-state index contributed by atoms with van der Waals surface area (Å²) in [5.41, 5.74) is 5.60. The molecule has 2 nitrogen and oxygen atoms in total. The Morgan fingerprint density at radius 2 is 2.07 bits per heavy atom. The van der Waals surface area contributed by atoms with Gasteiger partial charge in [0.2, 0.25) is 0 Å². The van der Waals surface area contributed by atoms with E-state index in [9.17, 15) is 13.6 Å². The molecule has 0 aliphatic carbocycles. The van der Waals surface area contributed by atoms with Gasteiger partial charge in [0.1, 0.15) is 0 Å². The van der Waals surface area contributed by atoms with Crippen LogP contribution in [0, 0.1) is 11.6 Å². The monoisotopic (exact) mass is 213 g/mol. The summed E-state index contributed by atoms with van der Waals surface area (Å²) >= 11 is 0. The molecule has 0 fully saturated rings. The van der Waals surface area contributed by atoms with Crippen LogP contribution in [0.5, 0.6) is 0 Å². The Morgan fingerprint density at radius 1 is 1.40 bits per heavy atom. The van der Waals surface area contributed by atoms with E-state index in [2.05, 4.69) is 0 Å². The van der Waals surface area contributed by atoms with Crippen LogP contribution in [0.3, 0.4) is 0 Å². The van der Waals surface area contributed by atoms with Gasteiger partial charge in [-0.25, -0.2) is 8.78 Å². The van der Waals surface area contributed by atoms with Crippen LogP contribution < -0.4 is 5.73 Å². The molecule has 15 heavy (non-hydrogen) atoms. The number of hydrogen-bond donors (Lipinski definition) is 1. The molecule has 0 aliphatic heterocycles. The van der Waals surface area contributed by atoms with Crippen LogP contribution >= 0.6 is 0 Å². The number of carbonyl (C=O) groups is 1. The summed E-state index contributed by atoms with van der Waals surface area (Å²) < 4.78 is 26.3. The maximum Gasteiger partial charge on any atom is 0.169 e. The minimum atomic E-state index is -1.08. The summed E-state index contributed by atoms with van der Waals surface area (Å²) in [5.74, 6) is -2.51. The molecule has 0 spiro atoms. The smallest absolute Gasteiger partial charge is 0.169 e. The molecule has 0 saturated heterocycles. The molecular formula is C11H13F2NO. The van der Waals surface area contributed by atoms with Crippen molar-refractivity contribution in [2.75, 3.05) is 6.54 Å². The maximum atomic E-state index is 13.3. The average molecular weight is 213 g/mol. The fourth-order valence-electron chi connectivity index (χ4n) is 1.32. The fourth-order valence-corrected chi connectivity index (χ4v) is 1.32. The largest absolute Gasteiger partial charge is 0.330 e. The van der Waals surface area contributed by atoms with Crippen LogP contribution in [0.15, 0.2) is 12.1 Å². The lowest BCUT2D eigenvalue weighted by atomic mass is 10.0. The molecule has 0 unspecified atom stereocenters. The van der Waals surface area contributed by atoms with Gasteiger partial charge in [-0.3, -0.25) is 4.79 Å². The third kappa shape index (κ3) is 2.59. The van der Waals surface area contributed by atoms with Crippen molar-refractivity contribution in [2.45, 2.75) is 19.8 Å². The summed E-state index contributed by atoms with van der Waals surface area (Å²) in [6, 6.07) is 2.49. The second kappa shape index (κ2) is 4.98. The van der Waals surface area contributed by atoms with Crippen molar-refractivity contribution in [3.05, 3.63) is 34.9 Å². The number of nitrogens with two attached hydrogens (primary N) is 1. The van der Waals surface area contributed by atoms with Crippen molar-refractivity contribution in [3.8, 4) is 0 Å². The summed E-state index contributed by atoms with van der Waals surface area (Å²) in [6.07, 6.45) is 0.587. The van der Waals surface area contributed by atoms with E-state index in [-0.39, 0.29) is 18.5 Å². The molecule has 0 amide bonds. The molecule has 0 aromatic heterocycles. The summed E-state index contributed by atoms with van der Waals surface area (Å²) in [4.78, 5) is 11.4. The Bertz CT molecular complexity index is 377. The third-order valence-electron chi connectivity index (χ3n) is 2.17. The highest BCUT2D eigenvalue weighted by Gasteiger charge is 2.15. The van der Waals surface area contributed by atoms with Crippen LogP contribution in [0.4, 0.5) is 8.78 Å². The average Bonchev–Trinajstić information content (AvgIpc) is 2.22. The van der Waals surface area contributed by atoms with E-state index in [1.54, 1.807) is 0 Å². The number of halogens is 2. The molecule has 0 heterocycles. The van der Waals surface area contributed by atoms with Gasteiger partial charge in [0.05, 0.1) is 5.56 Å². The molecule has 0 atom stereocenters. The Labute approximate surface area is 87.1 Å². The SMILES string of the molecule is CCc1cc(F)c(F)c(C(=O)CCN)c1. The van der Waals surface area contributed by atoms with E-state index < -0.39 is 17.4 Å². The first-order valence-corrected chi connectivity index (χ1v) is 4.81. The zero-order valence-electron chi connectivity index (χ0n) is 8.52. The molecule has 82 valence electrons. The second-order valence-corrected chi connectivity index (χ2v) is 3.25. The first-order chi connectivity index (χ1) is 7.10. The third-order valence-corrected chi connectivity index (χ3v) is 2.17. The molecule has 0 aliphatic rings. The predicted octanol–water partition coefficient (Wildman–Crippen LogP) is 2.06. The number of carbonyl (C=O) groups excluding carboxylic acids is 1. The topological polar surface area (TPSA) is 43.1 Å². The minimum Gasteiger partial charge on any atom is -0.330 e. The lowest BCUT2D eigenvalue weighted by Gasteiger charge is -2.05. The van der Waals surface area contributed by atoms with Gasteiger partial charge >= 0.3 is 0 Å². The quantitative estimate of drug-likeness (QED) is 0.778. The fraction of sp³-hybridized carbons (Fsp3) is 0.364. The number of hydrogen-bond acceptors (Lipinski definition) is 2. The molecule has 1 aromatic carbocycles. The first kappa shape index (κ1) is 11.8. The van der Waals surface area contributed by atoms with Gasteiger partial charge in [0, 0.05) is 6.42 Å². The zero-order valence-corrected chi connectivity index (χ0v) is 8.52. The first-order valence-electron chi connectivity index (χ1n) is 4.81. The standard InChI is InChI=1S/C11H13F2NO/c1-2-7-5-8(10(15)3-4-14)11(13)9(12)6-7/h5-6H,2-4,14H2,1H3. The Kier molecular flexibility index (Phi) is 3.91. The zero-order chi connectivity index (χ0) is 11.4. The second-order valence-electron chi connectivity index (χ2n) is 3.25. The Hall–Kier alpha value is -1.29. The highest BCUT2D eigenvalue weighted by atomic mass is 19.2. The van der Waals surface area contributed by atoms with Crippen LogP contribution in [-0.4, -0.2) is 12.3 Å². The van der Waals surface area contributed by atoms with E-state index in [1.165, 1.54) is 6.07 Å². The molecule has 0 radical (unpaired) electrons. The van der Waals surface area contributed by atoms with Crippen molar-refractivity contribution in [3.63, 3.8) is 0 Å². The Balaban J connectivity index is 3.15. The highest BCUT2D eigenvalue weighted by Crippen LogP contribution is 2.17. The van der Waals surface area contributed by atoms with Crippen LogP contribution in [0.25, 0.3) is 0 Å². The number of Topliss-reactive ketones (excluding diaryl/α,β-unsaturated/α-hetero) is 1. The van der Waals surface area contributed by atoms with Gasteiger partial charge in [-0.15, -0.1) is 0 Å². The molecule has 1 rings (SSSR count). The van der Waals surface area contributed by atoms with E-state index >= 15 is 0 Å². The van der Waals surface area contributed by atoms with Crippen molar-refractivity contribution < 1.29 is 13.6 Å². The van der Waals surface area contributed by atoms with Crippen molar-refractivity contribution in [2.24, 2.45) is 5.73 Å². The van der Waals surface area contributed by atoms with Gasteiger partial charge in [0.25, 0.3) is 0 Å². The van der Waals surface area contributed by atoms with Crippen molar-refractivity contribution in [1.29, 1.82) is 0 Å². The van der Waals surface area contributed by atoms with E-state index in [0.717, 1.165) is 6.07 Å².